The topological polar surface area (TPSA) is 141 Å². The first-order valence-electron chi connectivity index (χ1n) is 10.9. The number of rotatable bonds is 7. The van der Waals surface area contributed by atoms with Crippen LogP contribution in [0.4, 0.5) is 0 Å². The lowest BCUT2D eigenvalue weighted by molar-refractivity contribution is -0.146. The van der Waals surface area contributed by atoms with Crippen LogP contribution in [0.2, 0.25) is 0 Å². The van der Waals surface area contributed by atoms with Gasteiger partial charge >= 0.3 is 0 Å². The van der Waals surface area contributed by atoms with Crippen LogP contribution in [0.3, 0.4) is 0 Å². The van der Waals surface area contributed by atoms with E-state index in [2.05, 4.69) is 15.8 Å². The first-order valence-corrected chi connectivity index (χ1v) is 11.7. The summed E-state index contributed by atoms with van der Waals surface area (Å²) in [6.45, 7) is 6.39. The maximum atomic E-state index is 13.2. The number of aryl methyl sites for hydroxylation is 1. The normalized spacial score (nSPS) is 18.9. The van der Waals surface area contributed by atoms with Gasteiger partial charge in [-0.05, 0) is 42.2 Å². The lowest BCUT2D eigenvalue weighted by Crippen LogP contribution is -2.58. The Balaban J connectivity index is 1.67. The van der Waals surface area contributed by atoms with Crippen LogP contribution in [0, 0.1) is 12.3 Å². The Morgan fingerprint density at radius 2 is 1.94 bits per heavy atom. The van der Waals surface area contributed by atoms with Gasteiger partial charge in [-0.25, -0.2) is 4.98 Å². The molecule has 1 aliphatic rings. The summed E-state index contributed by atoms with van der Waals surface area (Å²) in [5.41, 5.74) is 5.36. The zero-order valence-electron chi connectivity index (χ0n) is 19.6. The van der Waals surface area contributed by atoms with Crippen LogP contribution in [0.15, 0.2) is 29.8 Å². The van der Waals surface area contributed by atoms with Gasteiger partial charge in [-0.3, -0.25) is 14.4 Å². The van der Waals surface area contributed by atoms with Gasteiger partial charge in [0.15, 0.2) is 5.75 Å². The highest BCUT2D eigenvalue weighted by Crippen LogP contribution is 2.29. The number of aliphatic hydroxyl groups excluding tert-OH is 2. The van der Waals surface area contributed by atoms with Crippen molar-refractivity contribution in [2.75, 3.05) is 13.2 Å². The van der Waals surface area contributed by atoms with Crippen LogP contribution in [0.25, 0.3) is 10.4 Å². The number of aliphatic hydroxyl groups is 2. The summed E-state index contributed by atoms with van der Waals surface area (Å²) in [6.07, 6.45) is -0.856. The van der Waals surface area contributed by atoms with Crippen molar-refractivity contribution < 1.29 is 29.4 Å². The zero-order valence-corrected chi connectivity index (χ0v) is 20.4. The Morgan fingerprint density at radius 1 is 1.26 bits per heavy atom. The summed E-state index contributed by atoms with van der Waals surface area (Å²) in [5, 5.41) is 21.8. The number of nitrogens with one attached hydrogen (secondary N) is 2. The van der Waals surface area contributed by atoms with Gasteiger partial charge in [0.1, 0.15) is 18.7 Å². The van der Waals surface area contributed by atoms with Gasteiger partial charge in [-0.15, -0.1) is 11.3 Å². The molecule has 2 aromatic rings. The molecule has 3 atom stereocenters. The maximum absolute atomic E-state index is 13.2. The van der Waals surface area contributed by atoms with Crippen LogP contribution in [0.1, 0.15) is 32.9 Å². The number of carbonyl (C=O) groups is 3. The molecule has 184 valence electrons. The number of carbonyl (C=O) groups excluding carboxylic acids is 3. The molecular formula is C23H30N4O6S. The SMILES string of the molecule is Cc1ncsc1-c1ccc(ONC(=O)C2CC(O)CN2C(=O)C(NC(=O)CO)C(C)(C)C)cc1. The molecule has 0 spiro atoms. The summed E-state index contributed by atoms with van der Waals surface area (Å²) in [4.78, 5) is 49.8. The van der Waals surface area contributed by atoms with E-state index in [-0.39, 0.29) is 13.0 Å². The lowest BCUT2D eigenvalue weighted by Gasteiger charge is -2.35. The quantitative estimate of drug-likeness (QED) is 0.425. The summed E-state index contributed by atoms with van der Waals surface area (Å²) in [6, 6.07) is 5.17. The van der Waals surface area contributed by atoms with E-state index in [0.717, 1.165) is 16.1 Å². The average molecular weight is 491 g/mol. The molecule has 4 N–H and O–H groups in total. The van der Waals surface area contributed by atoms with E-state index in [0.29, 0.717) is 5.75 Å². The third kappa shape index (κ3) is 5.91. The largest absolute Gasteiger partial charge is 0.391 e. The molecule has 3 rings (SSSR count). The van der Waals surface area contributed by atoms with Gasteiger partial charge in [-0.1, -0.05) is 20.8 Å². The predicted octanol–water partition coefficient (Wildman–Crippen LogP) is 1.01. The van der Waals surface area contributed by atoms with Crippen molar-refractivity contribution in [1.29, 1.82) is 0 Å². The number of hydroxylamine groups is 1. The maximum Gasteiger partial charge on any atom is 0.275 e. The fraction of sp³-hybridized carbons (Fsp3) is 0.478. The van der Waals surface area contributed by atoms with Gasteiger partial charge in [0.05, 0.1) is 22.2 Å². The van der Waals surface area contributed by atoms with Gasteiger partial charge in [0.25, 0.3) is 5.91 Å². The fourth-order valence-corrected chi connectivity index (χ4v) is 4.57. The van der Waals surface area contributed by atoms with E-state index < -0.39 is 47.9 Å². The van der Waals surface area contributed by atoms with Crippen molar-refractivity contribution in [3.8, 4) is 16.2 Å². The van der Waals surface area contributed by atoms with Crippen LogP contribution >= 0.6 is 11.3 Å². The number of hydrogen-bond acceptors (Lipinski definition) is 8. The molecule has 0 aliphatic carbocycles. The molecule has 0 saturated carbocycles. The van der Waals surface area contributed by atoms with E-state index in [1.54, 1.807) is 38.4 Å². The van der Waals surface area contributed by atoms with Gasteiger partial charge in [-0.2, -0.15) is 5.48 Å². The van der Waals surface area contributed by atoms with Crippen molar-refractivity contribution in [2.24, 2.45) is 5.41 Å². The van der Waals surface area contributed by atoms with E-state index in [1.165, 1.54) is 16.2 Å². The highest BCUT2D eigenvalue weighted by atomic mass is 32.1. The number of benzene rings is 1. The standard InChI is InChI=1S/C23H30N4O6S/c1-13-19(34-12-24-13)14-5-7-16(8-6-14)33-26-21(31)17-9-15(29)10-27(17)22(32)20(23(2,3)4)25-18(30)11-28/h5-8,12,15,17,20,28-29H,9-11H2,1-4H3,(H,25,30)(H,26,31). The smallest absolute Gasteiger partial charge is 0.275 e. The van der Waals surface area contributed by atoms with Gasteiger partial charge in [0, 0.05) is 13.0 Å². The number of thiazole rings is 1. The Labute approximate surface area is 201 Å². The van der Waals surface area contributed by atoms with Crippen molar-refractivity contribution >= 4 is 29.1 Å². The number of likely N-dealkylation sites (tertiary alicyclic amines) is 1. The molecule has 1 saturated heterocycles. The van der Waals surface area contributed by atoms with Crippen LogP contribution in [-0.2, 0) is 14.4 Å². The minimum Gasteiger partial charge on any atom is -0.391 e. The average Bonchev–Trinajstić information content (AvgIpc) is 3.40. The third-order valence-electron chi connectivity index (χ3n) is 5.56. The number of β-amino-alcohol motifs (C(OH)–C–C–N with tert-alkyl or cyclic N) is 1. The lowest BCUT2D eigenvalue weighted by atomic mass is 9.85. The minimum atomic E-state index is -0.989. The molecular weight excluding hydrogens is 460 g/mol. The molecule has 3 unspecified atom stereocenters. The summed E-state index contributed by atoms with van der Waals surface area (Å²) in [7, 11) is 0. The second-order valence-corrected chi connectivity index (χ2v) is 10.1. The second-order valence-electron chi connectivity index (χ2n) is 9.28. The van der Waals surface area contributed by atoms with Crippen molar-refractivity contribution in [3.63, 3.8) is 0 Å². The van der Waals surface area contributed by atoms with Crippen molar-refractivity contribution in [1.82, 2.24) is 20.7 Å². The molecule has 0 radical (unpaired) electrons. The van der Waals surface area contributed by atoms with Crippen molar-refractivity contribution in [2.45, 2.75) is 52.3 Å². The Bertz CT molecular complexity index is 1030. The predicted molar refractivity (Wildman–Crippen MR) is 126 cm³/mol. The number of nitrogens with zero attached hydrogens (tertiary/aromatic N) is 2. The van der Waals surface area contributed by atoms with E-state index in [1.807, 2.05) is 19.1 Å². The monoisotopic (exact) mass is 490 g/mol. The van der Waals surface area contributed by atoms with E-state index in [9.17, 15) is 19.5 Å². The van der Waals surface area contributed by atoms with Crippen LogP contribution < -0.4 is 15.6 Å². The van der Waals surface area contributed by atoms with Crippen LogP contribution in [-0.4, -0.2) is 69.2 Å². The third-order valence-corrected chi connectivity index (χ3v) is 6.54. The molecule has 34 heavy (non-hydrogen) atoms. The van der Waals surface area contributed by atoms with Gasteiger partial charge in [0.2, 0.25) is 11.8 Å². The van der Waals surface area contributed by atoms with E-state index in [4.69, 9.17) is 9.94 Å². The summed E-state index contributed by atoms with van der Waals surface area (Å²) in [5.74, 6) is -1.41. The molecule has 3 amide bonds. The second kappa shape index (κ2) is 10.5. The number of aromatic nitrogens is 1. The molecule has 1 aliphatic heterocycles. The molecule has 11 heteroatoms. The molecule has 2 heterocycles. The Kier molecular flexibility index (Phi) is 7.90. The highest BCUT2D eigenvalue weighted by Gasteiger charge is 2.44. The Hall–Kier alpha value is -3.02. The fourth-order valence-electron chi connectivity index (χ4n) is 3.76. The van der Waals surface area contributed by atoms with Crippen LogP contribution in [0.5, 0.6) is 5.75 Å². The highest BCUT2D eigenvalue weighted by molar-refractivity contribution is 7.13. The first kappa shape index (κ1) is 25.6. The summed E-state index contributed by atoms with van der Waals surface area (Å²) < 4.78 is 0. The number of amides is 3. The van der Waals surface area contributed by atoms with Crippen molar-refractivity contribution in [3.05, 3.63) is 35.5 Å². The molecule has 0 bridgehead atoms. The van der Waals surface area contributed by atoms with E-state index >= 15 is 0 Å². The molecule has 1 aromatic carbocycles. The molecule has 1 aromatic heterocycles. The molecule has 10 nitrogen and oxygen atoms in total. The minimum absolute atomic E-state index is 0.0370. The molecule has 1 fully saturated rings. The summed E-state index contributed by atoms with van der Waals surface area (Å²) >= 11 is 1.53. The number of hydrogen-bond donors (Lipinski definition) is 4. The zero-order chi connectivity index (χ0) is 25.0. The van der Waals surface area contributed by atoms with Gasteiger partial charge < -0.3 is 25.3 Å². The first-order chi connectivity index (χ1) is 16.0. The Morgan fingerprint density at radius 3 is 2.50 bits per heavy atom.